The SMILES string of the molecule is COCCCN(C)Cc1cc(N)ccc1O. The number of nitrogens with two attached hydrogens (primary N) is 1. The number of methoxy groups -OCH3 is 1. The molecule has 4 nitrogen and oxygen atoms in total. The third kappa shape index (κ3) is 4.08. The van der Waals surface area contributed by atoms with Gasteiger partial charge in [-0.15, -0.1) is 0 Å². The number of phenols is 1. The minimum atomic E-state index is 0.299. The van der Waals surface area contributed by atoms with Crippen LogP contribution in [0.25, 0.3) is 0 Å². The van der Waals surface area contributed by atoms with Crippen LogP contribution >= 0.6 is 0 Å². The van der Waals surface area contributed by atoms with Gasteiger partial charge in [0.2, 0.25) is 0 Å². The summed E-state index contributed by atoms with van der Waals surface area (Å²) >= 11 is 0. The zero-order valence-corrected chi connectivity index (χ0v) is 9.94. The molecule has 16 heavy (non-hydrogen) atoms. The lowest BCUT2D eigenvalue weighted by atomic mass is 10.1. The molecule has 0 aliphatic rings. The van der Waals surface area contributed by atoms with Gasteiger partial charge in [-0.3, -0.25) is 0 Å². The molecule has 0 atom stereocenters. The Bertz CT molecular complexity index is 329. The molecule has 1 aromatic rings. The van der Waals surface area contributed by atoms with Crippen LogP contribution in [-0.4, -0.2) is 37.3 Å². The summed E-state index contributed by atoms with van der Waals surface area (Å²) in [5.74, 6) is 0.299. The van der Waals surface area contributed by atoms with E-state index >= 15 is 0 Å². The molecule has 0 aliphatic carbocycles. The summed E-state index contributed by atoms with van der Waals surface area (Å²) < 4.78 is 4.99. The molecule has 0 radical (unpaired) electrons. The van der Waals surface area contributed by atoms with E-state index in [9.17, 15) is 5.11 Å². The molecule has 90 valence electrons. The van der Waals surface area contributed by atoms with E-state index in [1.165, 1.54) is 0 Å². The number of ether oxygens (including phenoxy) is 1. The van der Waals surface area contributed by atoms with E-state index in [1.54, 1.807) is 19.2 Å². The lowest BCUT2D eigenvalue weighted by molar-refractivity contribution is 0.178. The van der Waals surface area contributed by atoms with Gasteiger partial charge in [0, 0.05) is 38.1 Å². The van der Waals surface area contributed by atoms with Gasteiger partial charge in [0.15, 0.2) is 0 Å². The molecular weight excluding hydrogens is 204 g/mol. The molecule has 4 heteroatoms. The number of anilines is 1. The van der Waals surface area contributed by atoms with Gasteiger partial charge in [-0.1, -0.05) is 0 Å². The molecule has 1 rings (SSSR count). The van der Waals surface area contributed by atoms with Crippen LogP contribution in [0.1, 0.15) is 12.0 Å². The number of nitrogens with zero attached hydrogens (tertiary/aromatic N) is 1. The third-order valence-electron chi connectivity index (χ3n) is 2.43. The van der Waals surface area contributed by atoms with Gasteiger partial charge in [-0.25, -0.2) is 0 Å². The first-order valence-electron chi connectivity index (χ1n) is 5.38. The number of nitrogen functional groups attached to an aromatic ring is 1. The van der Waals surface area contributed by atoms with Crippen LogP contribution in [0.4, 0.5) is 5.69 Å². The standard InChI is InChI=1S/C12H20N2O2/c1-14(6-3-7-16-2)9-10-8-11(13)4-5-12(10)15/h4-5,8,15H,3,6-7,9,13H2,1-2H3. The fourth-order valence-corrected chi connectivity index (χ4v) is 1.58. The Hall–Kier alpha value is -1.26. The maximum Gasteiger partial charge on any atom is 0.120 e. The highest BCUT2D eigenvalue weighted by Crippen LogP contribution is 2.20. The summed E-state index contributed by atoms with van der Waals surface area (Å²) in [5.41, 5.74) is 7.22. The van der Waals surface area contributed by atoms with Crippen LogP contribution < -0.4 is 5.73 Å². The predicted octanol–water partition coefficient (Wildman–Crippen LogP) is 1.44. The largest absolute Gasteiger partial charge is 0.508 e. The second-order valence-electron chi connectivity index (χ2n) is 3.97. The maximum absolute atomic E-state index is 9.65. The van der Waals surface area contributed by atoms with Crippen LogP contribution in [0, 0.1) is 0 Å². The molecule has 0 aromatic heterocycles. The number of hydrogen-bond acceptors (Lipinski definition) is 4. The quantitative estimate of drug-likeness (QED) is 0.436. The molecule has 0 saturated carbocycles. The van der Waals surface area contributed by atoms with E-state index in [4.69, 9.17) is 10.5 Å². The van der Waals surface area contributed by atoms with Crippen molar-refractivity contribution in [1.29, 1.82) is 0 Å². The molecular formula is C12H20N2O2. The number of phenolic OH excluding ortho intramolecular Hbond substituents is 1. The molecule has 0 saturated heterocycles. The Balaban J connectivity index is 2.48. The second kappa shape index (κ2) is 6.35. The Labute approximate surface area is 96.6 Å². The average Bonchev–Trinajstić information content (AvgIpc) is 2.24. The van der Waals surface area contributed by atoms with Crippen LogP contribution in [0.5, 0.6) is 5.75 Å². The van der Waals surface area contributed by atoms with Crippen molar-refractivity contribution in [3.63, 3.8) is 0 Å². The van der Waals surface area contributed by atoms with Gasteiger partial charge in [-0.05, 0) is 31.7 Å². The fourth-order valence-electron chi connectivity index (χ4n) is 1.58. The van der Waals surface area contributed by atoms with Crippen molar-refractivity contribution >= 4 is 5.69 Å². The predicted molar refractivity (Wildman–Crippen MR) is 65.3 cm³/mol. The maximum atomic E-state index is 9.65. The summed E-state index contributed by atoms with van der Waals surface area (Å²) in [6.07, 6.45) is 0.982. The minimum absolute atomic E-state index is 0.299. The number of aromatic hydroxyl groups is 1. The molecule has 1 aromatic carbocycles. The monoisotopic (exact) mass is 224 g/mol. The summed E-state index contributed by atoms with van der Waals surface area (Å²) in [4.78, 5) is 2.13. The molecule has 3 N–H and O–H groups in total. The van der Waals surface area contributed by atoms with Crippen molar-refractivity contribution in [3.8, 4) is 5.75 Å². The highest BCUT2D eigenvalue weighted by molar-refractivity contribution is 5.47. The van der Waals surface area contributed by atoms with Crippen LogP contribution in [0.15, 0.2) is 18.2 Å². The molecule has 0 aliphatic heterocycles. The normalized spacial score (nSPS) is 10.9. The van der Waals surface area contributed by atoms with Crippen LogP contribution in [0.2, 0.25) is 0 Å². The summed E-state index contributed by atoms with van der Waals surface area (Å²) in [7, 11) is 3.71. The zero-order chi connectivity index (χ0) is 12.0. The molecule has 0 bridgehead atoms. The van der Waals surface area contributed by atoms with Gasteiger partial charge in [0.1, 0.15) is 5.75 Å². The first kappa shape index (κ1) is 12.8. The Morgan fingerprint density at radius 2 is 2.19 bits per heavy atom. The Morgan fingerprint density at radius 1 is 1.44 bits per heavy atom. The van der Waals surface area contributed by atoms with E-state index in [0.717, 1.165) is 25.1 Å². The van der Waals surface area contributed by atoms with E-state index in [2.05, 4.69) is 4.90 Å². The zero-order valence-electron chi connectivity index (χ0n) is 9.94. The Morgan fingerprint density at radius 3 is 2.88 bits per heavy atom. The topological polar surface area (TPSA) is 58.7 Å². The number of hydrogen-bond donors (Lipinski definition) is 2. The van der Waals surface area contributed by atoms with Crippen molar-refractivity contribution in [2.45, 2.75) is 13.0 Å². The fraction of sp³-hybridized carbons (Fsp3) is 0.500. The first-order chi connectivity index (χ1) is 7.63. The van der Waals surface area contributed by atoms with Crippen LogP contribution in [0.3, 0.4) is 0 Å². The highest BCUT2D eigenvalue weighted by atomic mass is 16.5. The van der Waals surface area contributed by atoms with Crippen molar-refractivity contribution < 1.29 is 9.84 Å². The summed E-state index contributed by atoms with van der Waals surface area (Å²) in [6.45, 7) is 2.38. The smallest absolute Gasteiger partial charge is 0.120 e. The van der Waals surface area contributed by atoms with Gasteiger partial charge in [0.25, 0.3) is 0 Å². The summed E-state index contributed by atoms with van der Waals surface area (Å²) in [6, 6.07) is 5.14. The highest BCUT2D eigenvalue weighted by Gasteiger charge is 2.05. The van der Waals surface area contributed by atoms with Crippen molar-refractivity contribution in [1.82, 2.24) is 4.90 Å². The number of benzene rings is 1. The molecule has 0 spiro atoms. The van der Waals surface area contributed by atoms with Gasteiger partial charge in [-0.2, -0.15) is 0 Å². The number of rotatable bonds is 6. The van der Waals surface area contributed by atoms with E-state index in [1.807, 2.05) is 13.1 Å². The molecule has 0 unspecified atom stereocenters. The lowest BCUT2D eigenvalue weighted by Gasteiger charge is -2.17. The summed E-state index contributed by atoms with van der Waals surface area (Å²) in [5, 5.41) is 9.65. The van der Waals surface area contributed by atoms with Crippen LogP contribution in [-0.2, 0) is 11.3 Å². The van der Waals surface area contributed by atoms with E-state index in [-0.39, 0.29) is 0 Å². The lowest BCUT2D eigenvalue weighted by Crippen LogP contribution is -2.20. The molecule has 0 heterocycles. The second-order valence-corrected chi connectivity index (χ2v) is 3.97. The third-order valence-corrected chi connectivity index (χ3v) is 2.43. The van der Waals surface area contributed by atoms with Gasteiger partial charge < -0.3 is 20.5 Å². The van der Waals surface area contributed by atoms with Crippen molar-refractivity contribution in [3.05, 3.63) is 23.8 Å². The van der Waals surface area contributed by atoms with E-state index in [0.29, 0.717) is 18.0 Å². The van der Waals surface area contributed by atoms with Gasteiger partial charge >= 0.3 is 0 Å². The van der Waals surface area contributed by atoms with Gasteiger partial charge in [0.05, 0.1) is 0 Å². The van der Waals surface area contributed by atoms with Crippen molar-refractivity contribution in [2.75, 3.05) is 33.0 Å². The Kier molecular flexibility index (Phi) is 5.08. The van der Waals surface area contributed by atoms with Crippen molar-refractivity contribution in [2.24, 2.45) is 0 Å². The minimum Gasteiger partial charge on any atom is -0.508 e. The first-order valence-corrected chi connectivity index (χ1v) is 5.38. The average molecular weight is 224 g/mol. The molecule has 0 fully saturated rings. The molecule has 0 amide bonds. The van der Waals surface area contributed by atoms with E-state index < -0.39 is 0 Å².